The highest BCUT2D eigenvalue weighted by Gasteiger charge is 2.06. The topological polar surface area (TPSA) is 38.3 Å². The van der Waals surface area contributed by atoms with Crippen molar-refractivity contribution in [2.45, 2.75) is 19.8 Å². The Morgan fingerprint density at radius 2 is 2.19 bits per heavy atom. The Balaban J connectivity index is 2.66. The number of rotatable bonds is 6. The average molecular weight is 242 g/mol. The van der Waals surface area contributed by atoms with E-state index in [0.29, 0.717) is 30.3 Å². The van der Waals surface area contributed by atoms with Crippen molar-refractivity contribution in [3.8, 4) is 5.75 Å². The van der Waals surface area contributed by atoms with Gasteiger partial charge in [0.25, 0.3) is 0 Å². The maximum Gasteiger partial charge on any atom is 0.225 e. The Morgan fingerprint density at radius 3 is 2.88 bits per heavy atom. The lowest BCUT2D eigenvalue weighted by atomic mass is 10.3. The lowest BCUT2D eigenvalue weighted by Crippen LogP contribution is -2.12. The van der Waals surface area contributed by atoms with Gasteiger partial charge in [0.05, 0.1) is 12.3 Å². The molecule has 0 aromatic heterocycles. The molecule has 4 heteroatoms. The van der Waals surface area contributed by atoms with Gasteiger partial charge in [-0.15, -0.1) is 11.6 Å². The van der Waals surface area contributed by atoms with Gasteiger partial charge in [-0.25, -0.2) is 0 Å². The minimum atomic E-state index is -0.0949. The van der Waals surface area contributed by atoms with Crippen LogP contribution in [0.3, 0.4) is 0 Å². The van der Waals surface area contributed by atoms with Crippen LogP contribution in [0.1, 0.15) is 19.8 Å². The monoisotopic (exact) mass is 241 g/mol. The first-order valence-corrected chi connectivity index (χ1v) is 5.89. The minimum absolute atomic E-state index is 0.0949. The Morgan fingerprint density at radius 1 is 1.44 bits per heavy atom. The van der Waals surface area contributed by atoms with E-state index in [1.807, 2.05) is 31.2 Å². The Labute approximate surface area is 101 Å². The van der Waals surface area contributed by atoms with Crippen LogP contribution in [-0.4, -0.2) is 18.4 Å². The van der Waals surface area contributed by atoms with E-state index in [0.717, 1.165) is 6.42 Å². The van der Waals surface area contributed by atoms with Crippen molar-refractivity contribution in [1.82, 2.24) is 0 Å². The SMILES string of the molecule is CCCOc1ccccc1NC(=O)CCCl. The normalized spacial score (nSPS) is 9.88. The molecular weight excluding hydrogens is 226 g/mol. The summed E-state index contributed by atoms with van der Waals surface area (Å²) in [6.07, 6.45) is 1.24. The zero-order valence-electron chi connectivity index (χ0n) is 9.33. The van der Waals surface area contributed by atoms with Gasteiger partial charge in [0, 0.05) is 12.3 Å². The van der Waals surface area contributed by atoms with Gasteiger partial charge >= 0.3 is 0 Å². The standard InChI is InChI=1S/C12H16ClNO2/c1-2-9-16-11-6-4-3-5-10(11)14-12(15)7-8-13/h3-6H,2,7-9H2,1H3,(H,14,15). The number of benzene rings is 1. The summed E-state index contributed by atoms with van der Waals surface area (Å²) in [5, 5.41) is 2.77. The molecule has 0 unspecified atom stereocenters. The summed E-state index contributed by atoms with van der Waals surface area (Å²) in [5.41, 5.74) is 0.700. The molecule has 0 radical (unpaired) electrons. The molecule has 1 aromatic carbocycles. The van der Waals surface area contributed by atoms with Crippen molar-refractivity contribution in [3.63, 3.8) is 0 Å². The number of anilines is 1. The van der Waals surface area contributed by atoms with Crippen LogP contribution in [0, 0.1) is 0 Å². The molecule has 3 nitrogen and oxygen atoms in total. The van der Waals surface area contributed by atoms with Crippen LogP contribution in [0.5, 0.6) is 5.75 Å². The first kappa shape index (κ1) is 12.8. The summed E-state index contributed by atoms with van der Waals surface area (Å²) in [6, 6.07) is 7.39. The van der Waals surface area contributed by atoms with E-state index in [9.17, 15) is 4.79 Å². The number of ether oxygens (including phenoxy) is 1. The van der Waals surface area contributed by atoms with Gasteiger partial charge in [-0.05, 0) is 18.6 Å². The first-order valence-electron chi connectivity index (χ1n) is 5.35. The van der Waals surface area contributed by atoms with Crippen LogP contribution in [0.25, 0.3) is 0 Å². The highest BCUT2D eigenvalue weighted by atomic mass is 35.5. The third-order valence-electron chi connectivity index (χ3n) is 1.94. The third-order valence-corrected chi connectivity index (χ3v) is 2.13. The van der Waals surface area contributed by atoms with Crippen molar-refractivity contribution in [2.24, 2.45) is 0 Å². The quantitative estimate of drug-likeness (QED) is 0.778. The summed E-state index contributed by atoms with van der Waals surface area (Å²) >= 11 is 5.49. The molecule has 16 heavy (non-hydrogen) atoms. The molecule has 88 valence electrons. The van der Waals surface area contributed by atoms with Crippen molar-refractivity contribution < 1.29 is 9.53 Å². The molecule has 0 saturated carbocycles. The lowest BCUT2D eigenvalue weighted by Gasteiger charge is -2.11. The number of carbonyl (C=O) groups excluding carboxylic acids is 1. The molecule has 0 aliphatic carbocycles. The molecule has 0 aliphatic heterocycles. The number of hydrogen-bond acceptors (Lipinski definition) is 2. The lowest BCUT2D eigenvalue weighted by molar-refractivity contribution is -0.115. The molecule has 1 rings (SSSR count). The number of alkyl halides is 1. The summed E-state index contributed by atoms with van der Waals surface area (Å²) in [4.78, 5) is 11.4. The minimum Gasteiger partial charge on any atom is -0.491 e. The van der Waals surface area contributed by atoms with Crippen LogP contribution >= 0.6 is 11.6 Å². The van der Waals surface area contributed by atoms with Crippen LogP contribution < -0.4 is 10.1 Å². The largest absolute Gasteiger partial charge is 0.491 e. The van der Waals surface area contributed by atoms with Crippen molar-refractivity contribution >= 4 is 23.2 Å². The second-order valence-corrected chi connectivity index (χ2v) is 3.71. The van der Waals surface area contributed by atoms with Gasteiger partial charge in [0.1, 0.15) is 5.75 Å². The van der Waals surface area contributed by atoms with Crippen LogP contribution in [0.15, 0.2) is 24.3 Å². The van der Waals surface area contributed by atoms with Crippen LogP contribution in [0.4, 0.5) is 5.69 Å². The van der Waals surface area contributed by atoms with E-state index in [1.165, 1.54) is 0 Å². The fourth-order valence-corrected chi connectivity index (χ4v) is 1.38. The molecule has 0 saturated heterocycles. The number of hydrogen-bond donors (Lipinski definition) is 1. The smallest absolute Gasteiger partial charge is 0.225 e. The third kappa shape index (κ3) is 4.11. The molecule has 0 aliphatic rings. The van der Waals surface area contributed by atoms with Gasteiger partial charge in [0.15, 0.2) is 0 Å². The Hall–Kier alpha value is -1.22. The summed E-state index contributed by atoms with van der Waals surface area (Å²) < 4.78 is 5.52. The van der Waals surface area contributed by atoms with Crippen LogP contribution in [-0.2, 0) is 4.79 Å². The molecule has 0 fully saturated rings. The number of amides is 1. The second kappa shape index (κ2) is 7.12. The number of carbonyl (C=O) groups is 1. The average Bonchev–Trinajstić information content (AvgIpc) is 2.28. The first-order chi connectivity index (χ1) is 7.77. The Kier molecular flexibility index (Phi) is 5.72. The predicted molar refractivity (Wildman–Crippen MR) is 66.2 cm³/mol. The molecular formula is C12H16ClNO2. The van der Waals surface area contributed by atoms with E-state index in [2.05, 4.69) is 5.32 Å². The fraction of sp³-hybridized carbons (Fsp3) is 0.417. The van der Waals surface area contributed by atoms with E-state index in [1.54, 1.807) is 0 Å². The van der Waals surface area contributed by atoms with E-state index >= 15 is 0 Å². The summed E-state index contributed by atoms with van der Waals surface area (Å²) in [6.45, 7) is 2.68. The predicted octanol–water partition coefficient (Wildman–Crippen LogP) is 3.04. The summed E-state index contributed by atoms with van der Waals surface area (Å²) in [5.74, 6) is 0.930. The van der Waals surface area contributed by atoms with Crippen molar-refractivity contribution in [3.05, 3.63) is 24.3 Å². The van der Waals surface area contributed by atoms with E-state index in [-0.39, 0.29) is 5.91 Å². The zero-order valence-corrected chi connectivity index (χ0v) is 10.1. The Bertz CT molecular complexity index is 342. The number of halogens is 1. The fourth-order valence-electron chi connectivity index (χ4n) is 1.21. The molecule has 1 N–H and O–H groups in total. The van der Waals surface area contributed by atoms with E-state index < -0.39 is 0 Å². The van der Waals surface area contributed by atoms with Gasteiger partial charge in [-0.2, -0.15) is 0 Å². The van der Waals surface area contributed by atoms with Gasteiger partial charge in [0.2, 0.25) is 5.91 Å². The second-order valence-electron chi connectivity index (χ2n) is 3.33. The molecule has 1 amide bonds. The van der Waals surface area contributed by atoms with E-state index in [4.69, 9.17) is 16.3 Å². The summed E-state index contributed by atoms with van der Waals surface area (Å²) in [7, 11) is 0. The van der Waals surface area contributed by atoms with Gasteiger partial charge in [-0.1, -0.05) is 19.1 Å². The maximum atomic E-state index is 11.4. The number of para-hydroxylation sites is 2. The molecule has 1 aromatic rings. The molecule has 0 bridgehead atoms. The molecule has 0 spiro atoms. The van der Waals surface area contributed by atoms with Crippen molar-refractivity contribution in [1.29, 1.82) is 0 Å². The highest BCUT2D eigenvalue weighted by molar-refractivity contribution is 6.19. The van der Waals surface area contributed by atoms with Crippen LogP contribution in [0.2, 0.25) is 0 Å². The molecule has 0 heterocycles. The zero-order chi connectivity index (χ0) is 11.8. The van der Waals surface area contributed by atoms with Gasteiger partial charge in [-0.3, -0.25) is 4.79 Å². The maximum absolute atomic E-state index is 11.4. The highest BCUT2D eigenvalue weighted by Crippen LogP contribution is 2.23. The van der Waals surface area contributed by atoms with Gasteiger partial charge < -0.3 is 10.1 Å². The number of nitrogens with one attached hydrogen (secondary N) is 1. The van der Waals surface area contributed by atoms with Crippen molar-refractivity contribution in [2.75, 3.05) is 17.8 Å². The molecule has 0 atom stereocenters.